The Morgan fingerprint density at radius 1 is 1.05 bits per heavy atom. The molecule has 0 aromatic heterocycles. The number of para-hydroxylation sites is 1. The van der Waals surface area contributed by atoms with Gasteiger partial charge in [-0.05, 0) is 66.9 Å². The van der Waals surface area contributed by atoms with Gasteiger partial charge in [-0.3, -0.25) is 4.79 Å². The van der Waals surface area contributed by atoms with Crippen LogP contribution in [0.5, 0.6) is 5.75 Å². The summed E-state index contributed by atoms with van der Waals surface area (Å²) in [6, 6.07) is 17.4. The highest BCUT2D eigenvalue weighted by Crippen LogP contribution is 2.34. The molecule has 1 aliphatic rings. The average Bonchev–Trinajstić information content (AvgIpc) is 3.27. The summed E-state index contributed by atoms with van der Waals surface area (Å²) in [6.45, 7) is 2.06. The van der Waals surface area contributed by atoms with E-state index in [1.807, 2.05) is 25.1 Å². The molecule has 1 saturated heterocycles. The quantitative estimate of drug-likeness (QED) is 0.292. The molecule has 0 aliphatic carbocycles. The number of hydrogen-bond acceptors (Lipinski definition) is 5. The van der Waals surface area contributed by atoms with E-state index < -0.39 is 23.6 Å². The van der Waals surface area contributed by atoms with Crippen molar-refractivity contribution in [1.29, 1.82) is 0 Å². The molecule has 3 N–H and O–H groups in total. The number of ketones is 1. The number of halogens is 2. The van der Waals surface area contributed by atoms with Gasteiger partial charge < -0.3 is 20.5 Å². The van der Waals surface area contributed by atoms with Crippen molar-refractivity contribution in [2.75, 3.05) is 23.9 Å². The van der Waals surface area contributed by atoms with Crippen molar-refractivity contribution in [2.24, 2.45) is 0 Å². The summed E-state index contributed by atoms with van der Waals surface area (Å²) in [5, 5.41) is 14.7. The Morgan fingerprint density at radius 2 is 1.76 bits per heavy atom. The Morgan fingerprint density at radius 3 is 2.45 bits per heavy atom. The Balaban J connectivity index is 1.35. The molecule has 3 aromatic carbocycles. The molecular formula is C28H27ClFN3O5. The number of Topliss-reactive ketones (excluding diaryl/α,β-unsaturated/α-hetero) is 1. The Kier molecular flexibility index (Phi) is 8.29. The zero-order valence-electron chi connectivity index (χ0n) is 20.7. The van der Waals surface area contributed by atoms with Gasteiger partial charge in [0.05, 0.1) is 16.3 Å². The van der Waals surface area contributed by atoms with Crippen LogP contribution in [0, 0.1) is 6.92 Å². The lowest BCUT2D eigenvalue weighted by Gasteiger charge is -2.29. The number of hydrogen-bond donors (Lipinski definition) is 3. The van der Waals surface area contributed by atoms with Gasteiger partial charge in [0.15, 0.2) is 5.78 Å². The Bertz CT molecular complexity index is 1350. The number of carbonyl (C=O) groups excluding carboxylic acids is 2. The van der Waals surface area contributed by atoms with Gasteiger partial charge in [-0.2, -0.15) is 0 Å². The zero-order chi connectivity index (χ0) is 27.3. The number of ether oxygens (including phenoxy) is 1. The van der Waals surface area contributed by atoms with E-state index in [0.29, 0.717) is 35.7 Å². The number of nitrogens with zero attached hydrogens (tertiary/aromatic N) is 1. The number of likely N-dealkylation sites (tertiary alicyclic amines) is 1. The molecule has 4 rings (SSSR count). The van der Waals surface area contributed by atoms with E-state index in [-0.39, 0.29) is 30.2 Å². The first-order valence-electron chi connectivity index (χ1n) is 12.0. The van der Waals surface area contributed by atoms with Crippen LogP contribution in [0.25, 0.3) is 0 Å². The molecular weight excluding hydrogens is 513 g/mol. The minimum atomic E-state index is -2.20. The third kappa shape index (κ3) is 6.30. The maximum absolute atomic E-state index is 15.8. The number of carboxylic acid groups (broad SMARTS) is 1. The number of amides is 2. The van der Waals surface area contributed by atoms with E-state index >= 15 is 4.39 Å². The van der Waals surface area contributed by atoms with Crippen LogP contribution >= 0.6 is 11.6 Å². The lowest BCUT2D eigenvalue weighted by atomic mass is 9.99. The third-order valence-electron chi connectivity index (χ3n) is 6.39. The minimum absolute atomic E-state index is 0.0413. The fraction of sp³-hybridized carbons (Fsp3) is 0.250. The lowest BCUT2D eigenvalue weighted by Crippen LogP contribution is -2.49. The molecule has 1 heterocycles. The molecule has 198 valence electrons. The predicted molar refractivity (Wildman–Crippen MR) is 143 cm³/mol. The molecule has 2 amide bonds. The molecule has 0 saturated carbocycles. The van der Waals surface area contributed by atoms with Gasteiger partial charge in [0.25, 0.3) is 0 Å². The van der Waals surface area contributed by atoms with Crippen molar-refractivity contribution in [3.05, 3.63) is 88.4 Å². The first-order chi connectivity index (χ1) is 18.2. The highest BCUT2D eigenvalue weighted by molar-refractivity contribution is 6.34. The number of anilines is 2. The van der Waals surface area contributed by atoms with Crippen LogP contribution in [0.2, 0.25) is 5.02 Å². The summed E-state index contributed by atoms with van der Waals surface area (Å²) in [6.07, 6.45) is 0.346. The maximum atomic E-state index is 15.8. The molecule has 1 unspecified atom stereocenters. The maximum Gasteiger partial charge on any atom is 0.335 e. The summed E-state index contributed by atoms with van der Waals surface area (Å²) in [7, 11) is 0. The predicted octanol–water partition coefficient (Wildman–Crippen LogP) is 5.90. The minimum Gasteiger partial charge on any atom is -0.478 e. The van der Waals surface area contributed by atoms with Crippen LogP contribution in [0.15, 0.2) is 66.7 Å². The topological polar surface area (TPSA) is 108 Å². The Labute approximate surface area is 224 Å². The van der Waals surface area contributed by atoms with Crippen molar-refractivity contribution < 1.29 is 28.6 Å². The largest absolute Gasteiger partial charge is 0.478 e. The average molecular weight is 540 g/mol. The molecule has 3 aromatic rings. The third-order valence-corrected chi connectivity index (χ3v) is 6.71. The van der Waals surface area contributed by atoms with Crippen LogP contribution in [0.4, 0.5) is 20.6 Å². The molecule has 0 bridgehead atoms. The monoisotopic (exact) mass is 539 g/mol. The normalized spacial score (nSPS) is 17.1. The van der Waals surface area contributed by atoms with Crippen LogP contribution in [0.1, 0.15) is 34.3 Å². The highest BCUT2D eigenvalue weighted by atomic mass is 35.5. The molecule has 1 aliphatic heterocycles. The van der Waals surface area contributed by atoms with E-state index in [4.69, 9.17) is 21.4 Å². The number of urea groups is 1. The van der Waals surface area contributed by atoms with Crippen LogP contribution in [-0.4, -0.2) is 46.9 Å². The first kappa shape index (κ1) is 27.1. The molecule has 0 radical (unpaired) electrons. The van der Waals surface area contributed by atoms with Gasteiger partial charge in [-0.25, -0.2) is 18.9 Å². The lowest BCUT2D eigenvalue weighted by molar-refractivity contribution is -0.144. The van der Waals surface area contributed by atoms with Gasteiger partial charge in [-0.1, -0.05) is 35.9 Å². The van der Waals surface area contributed by atoms with Gasteiger partial charge in [-0.15, -0.1) is 0 Å². The fourth-order valence-corrected chi connectivity index (χ4v) is 4.50. The standard InChI is InChI=1S/C28H27ClFN3O5/c1-18-5-2-3-6-23(18)31-27(37)32-24-12-7-19(15-22(24)29)16-25(34)28(30)13-4-14-33(28)17-38-21-10-8-20(9-11-21)26(35)36/h2-3,5-12,15H,4,13-14,16-17H2,1H3,(H,35,36)(H2,31,32,37). The number of benzene rings is 3. The molecule has 10 heteroatoms. The zero-order valence-corrected chi connectivity index (χ0v) is 21.4. The highest BCUT2D eigenvalue weighted by Gasteiger charge is 2.47. The van der Waals surface area contributed by atoms with Crippen LogP contribution in [0.3, 0.4) is 0 Å². The first-order valence-corrected chi connectivity index (χ1v) is 12.4. The van der Waals surface area contributed by atoms with Gasteiger partial charge in [0.2, 0.25) is 5.79 Å². The SMILES string of the molecule is Cc1ccccc1NC(=O)Nc1ccc(CC(=O)C2(F)CCCN2COc2ccc(C(=O)O)cc2)cc1Cl. The summed E-state index contributed by atoms with van der Waals surface area (Å²) in [4.78, 5) is 37.7. The number of rotatable bonds is 9. The van der Waals surface area contributed by atoms with Crippen molar-refractivity contribution in [3.63, 3.8) is 0 Å². The second-order valence-electron chi connectivity index (χ2n) is 9.04. The summed E-state index contributed by atoms with van der Waals surface area (Å²) < 4.78 is 21.5. The van der Waals surface area contributed by atoms with Crippen LogP contribution in [-0.2, 0) is 11.2 Å². The number of carboxylic acids is 1. The molecule has 1 atom stereocenters. The van der Waals surface area contributed by atoms with Crippen LogP contribution < -0.4 is 15.4 Å². The van der Waals surface area contributed by atoms with E-state index in [2.05, 4.69) is 10.6 Å². The molecule has 0 spiro atoms. The summed E-state index contributed by atoms with van der Waals surface area (Å²) in [5.74, 6) is -3.50. The molecule has 38 heavy (non-hydrogen) atoms. The Hall–Kier alpha value is -3.95. The van der Waals surface area contributed by atoms with E-state index in [9.17, 15) is 14.4 Å². The van der Waals surface area contributed by atoms with Gasteiger partial charge in [0, 0.05) is 25.1 Å². The second-order valence-corrected chi connectivity index (χ2v) is 9.44. The van der Waals surface area contributed by atoms with Gasteiger partial charge in [0.1, 0.15) is 12.5 Å². The van der Waals surface area contributed by atoms with E-state index in [0.717, 1.165) is 5.56 Å². The summed E-state index contributed by atoms with van der Waals surface area (Å²) in [5.41, 5.74) is 2.55. The van der Waals surface area contributed by atoms with E-state index in [1.54, 1.807) is 18.2 Å². The van der Waals surface area contributed by atoms with Gasteiger partial charge >= 0.3 is 12.0 Å². The summed E-state index contributed by atoms with van der Waals surface area (Å²) >= 11 is 6.35. The molecule has 8 nitrogen and oxygen atoms in total. The molecule has 1 fully saturated rings. The van der Waals surface area contributed by atoms with Crippen molar-refractivity contribution >= 4 is 40.8 Å². The number of aromatic carboxylic acids is 1. The number of nitrogens with one attached hydrogen (secondary N) is 2. The van der Waals surface area contributed by atoms with Crippen molar-refractivity contribution in [2.45, 2.75) is 32.0 Å². The van der Waals surface area contributed by atoms with Crippen molar-refractivity contribution in [3.8, 4) is 5.75 Å². The van der Waals surface area contributed by atoms with E-state index in [1.165, 1.54) is 35.2 Å². The fourth-order valence-electron chi connectivity index (χ4n) is 4.25. The number of alkyl halides is 1. The van der Waals surface area contributed by atoms with Crippen molar-refractivity contribution in [1.82, 2.24) is 4.90 Å². The number of aryl methyl sites for hydroxylation is 1. The smallest absolute Gasteiger partial charge is 0.335 e. The number of carbonyl (C=O) groups is 3. The second kappa shape index (κ2) is 11.6.